The number of nitrogens with zero attached hydrogens (tertiary/aromatic N) is 2. The number of amides is 1. The van der Waals surface area contributed by atoms with Crippen LogP contribution in [0.2, 0.25) is 0 Å². The molecule has 7 nitrogen and oxygen atoms in total. The summed E-state index contributed by atoms with van der Waals surface area (Å²) in [4.78, 5) is 28.2. The number of esters is 1. The van der Waals surface area contributed by atoms with Gasteiger partial charge in [0.1, 0.15) is 5.82 Å². The molecule has 1 aliphatic rings. The molecule has 1 aromatic carbocycles. The molecule has 0 radical (unpaired) electrons. The van der Waals surface area contributed by atoms with Gasteiger partial charge in [-0.05, 0) is 62.9 Å². The van der Waals surface area contributed by atoms with Crippen LogP contribution in [0, 0.1) is 5.92 Å². The Morgan fingerprint density at radius 3 is 2.86 bits per heavy atom. The first-order valence-electron chi connectivity index (χ1n) is 10.1. The first-order chi connectivity index (χ1) is 13.6. The van der Waals surface area contributed by atoms with E-state index in [0.717, 1.165) is 48.7 Å². The van der Waals surface area contributed by atoms with Crippen LogP contribution >= 0.6 is 0 Å². The molecule has 1 aromatic heterocycles. The molecule has 0 unspecified atom stereocenters. The fraction of sp³-hybridized carbons (Fsp3) is 0.571. The number of piperidine rings is 1. The van der Waals surface area contributed by atoms with Crippen molar-refractivity contribution >= 4 is 22.9 Å². The van der Waals surface area contributed by atoms with E-state index in [0.29, 0.717) is 24.9 Å². The van der Waals surface area contributed by atoms with E-state index in [-0.39, 0.29) is 11.9 Å². The lowest BCUT2D eigenvalue weighted by Gasteiger charge is -2.22. The summed E-state index contributed by atoms with van der Waals surface area (Å²) in [5.41, 5.74) is 2.49. The second-order valence-electron chi connectivity index (χ2n) is 7.46. The van der Waals surface area contributed by atoms with Crippen LogP contribution in [0.15, 0.2) is 18.2 Å². The minimum atomic E-state index is -0.263. The number of aryl methyl sites for hydroxylation is 2. The number of benzene rings is 1. The fourth-order valence-corrected chi connectivity index (χ4v) is 3.76. The summed E-state index contributed by atoms with van der Waals surface area (Å²) in [6, 6.07) is 5.63. The van der Waals surface area contributed by atoms with Gasteiger partial charge in [-0.2, -0.15) is 0 Å². The minimum absolute atomic E-state index is 0.145. The van der Waals surface area contributed by atoms with E-state index >= 15 is 0 Å². The largest absolute Gasteiger partial charge is 0.469 e. The van der Waals surface area contributed by atoms with Crippen LogP contribution in [0.3, 0.4) is 0 Å². The molecule has 2 heterocycles. The predicted molar refractivity (Wildman–Crippen MR) is 108 cm³/mol. The van der Waals surface area contributed by atoms with Crippen molar-refractivity contribution in [3.63, 3.8) is 0 Å². The van der Waals surface area contributed by atoms with E-state index in [1.165, 1.54) is 20.0 Å². The van der Waals surface area contributed by atoms with E-state index < -0.39 is 0 Å². The van der Waals surface area contributed by atoms with Gasteiger partial charge in [-0.25, -0.2) is 4.98 Å². The van der Waals surface area contributed by atoms with Gasteiger partial charge in [0, 0.05) is 32.0 Å². The number of hydrogen-bond donors (Lipinski definition) is 2. The molecule has 7 heteroatoms. The smallest absolute Gasteiger partial charge is 0.305 e. The molecule has 1 fully saturated rings. The third-order valence-corrected chi connectivity index (χ3v) is 5.54. The number of rotatable bonds is 8. The van der Waals surface area contributed by atoms with Crippen LogP contribution in [0.25, 0.3) is 11.0 Å². The highest BCUT2D eigenvalue weighted by atomic mass is 16.5. The van der Waals surface area contributed by atoms with Gasteiger partial charge in [0.25, 0.3) is 5.91 Å². The summed E-state index contributed by atoms with van der Waals surface area (Å²) in [5, 5.41) is 6.25. The Labute approximate surface area is 165 Å². The molecule has 1 amide bonds. The second kappa shape index (κ2) is 9.68. The lowest BCUT2D eigenvalue weighted by atomic mass is 9.93. The zero-order valence-electron chi connectivity index (χ0n) is 16.8. The highest BCUT2D eigenvalue weighted by molar-refractivity contribution is 5.97. The van der Waals surface area contributed by atoms with Crippen LogP contribution in [-0.2, 0) is 23.0 Å². The highest BCUT2D eigenvalue weighted by Gasteiger charge is 2.16. The van der Waals surface area contributed by atoms with Crippen molar-refractivity contribution in [3.05, 3.63) is 29.6 Å². The number of nitrogens with one attached hydrogen (secondary N) is 2. The maximum Gasteiger partial charge on any atom is 0.305 e. The number of aromatic nitrogens is 2. The van der Waals surface area contributed by atoms with Crippen LogP contribution in [-0.4, -0.2) is 48.2 Å². The molecule has 1 aliphatic heterocycles. The SMILES string of the molecule is COC(=O)CCCNC(=O)c1ccc2c(c1)nc(CCC1CCNCC1)n2C. The number of fused-ring (bicyclic) bond motifs is 1. The van der Waals surface area contributed by atoms with Gasteiger partial charge in [0.05, 0.1) is 18.1 Å². The van der Waals surface area contributed by atoms with Gasteiger partial charge in [0.15, 0.2) is 0 Å². The maximum absolute atomic E-state index is 12.4. The number of carbonyl (C=O) groups excluding carboxylic acids is 2. The molecular formula is C21H30N4O3. The maximum atomic E-state index is 12.4. The van der Waals surface area contributed by atoms with Crippen molar-refractivity contribution in [2.45, 2.75) is 38.5 Å². The molecular weight excluding hydrogens is 356 g/mol. The minimum Gasteiger partial charge on any atom is -0.469 e. The Bertz CT molecular complexity index is 824. The first-order valence-corrected chi connectivity index (χ1v) is 10.1. The summed E-state index contributed by atoms with van der Waals surface area (Å²) in [6.45, 7) is 2.67. The summed E-state index contributed by atoms with van der Waals surface area (Å²) >= 11 is 0. The quantitative estimate of drug-likeness (QED) is 0.537. The van der Waals surface area contributed by atoms with Gasteiger partial charge in [0.2, 0.25) is 0 Å². The van der Waals surface area contributed by atoms with E-state index in [1.54, 1.807) is 0 Å². The zero-order chi connectivity index (χ0) is 19.9. The van der Waals surface area contributed by atoms with Gasteiger partial charge < -0.3 is 19.9 Å². The molecule has 0 spiro atoms. The molecule has 2 aromatic rings. The Morgan fingerprint density at radius 1 is 1.32 bits per heavy atom. The third kappa shape index (κ3) is 5.10. The first kappa shape index (κ1) is 20.3. The molecule has 0 atom stereocenters. The summed E-state index contributed by atoms with van der Waals surface area (Å²) in [5.74, 6) is 1.44. The summed E-state index contributed by atoms with van der Waals surface area (Å²) in [7, 11) is 3.41. The average Bonchev–Trinajstić information content (AvgIpc) is 3.05. The van der Waals surface area contributed by atoms with Gasteiger partial charge in [-0.1, -0.05) is 0 Å². The van der Waals surface area contributed by atoms with Crippen molar-refractivity contribution in [1.82, 2.24) is 20.2 Å². The highest BCUT2D eigenvalue weighted by Crippen LogP contribution is 2.22. The van der Waals surface area contributed by atoms with Crippen LogP contribution in [0.1, 0.15) is 48.3 Å². The predicted octanol–water partition coefficient (Wildman–Crippen LogP) is 2.19. The molecule has 1 saturated heterocycles. The normalized spacial score (nSPS) is 14.9. The fourth-order valence-electron chi connectivity index (χ4n) is 3.76. The zero-order valence-corrected chi connectivity index (χ0v) is 16.8. The number of ether oxygens (including phenoxy) is 1. The Kier molecular flexibility index (Phi) is 7.03. The van der Waals surface area contributed by atoms with Crippen molar-refractivity contribution in [2.75, 3.05) is 26.7 Å². The Morgan fingerprint density at radius 2 is 2.11 bits per heavy atom. The monoisotopic (exact) mass is 386 g/mol. The van der Waals surface area contributed by atoms with Gasteiger partial charge >= 0.3 is 5.97 Å². The second-order valence-corrected chi connectivity index (χ2v) is 7.46. The third-order valence-electron chi connectivity index (χ3n) is 5.54. The Hall–Kier alpha value is -2.41. The number of hydrogen-bond acceptors (Lipinski definition) is 5. The number of imidazole rings is 1. The average molecular weight is 386 g/mol. The molecule has 0 saturated carbocycles. The van der Waals surface area contributed by atoms with Gasteiger partial charge in [-0.3, -0.25) is 9.59 Å². The molecule has 2 N–H and O–H groups in total. The number of methoxy groups -OCH3 is 1. The lowest BCUT2D eigenvalue weighted by Crippen LogP contribution is -2.28. The number of carbonyl (C=O) groups is 2. The summed E-state index contributed by atoms with van der Waals surface area (Å²) < 4.78 is 6.73. The van der Waals surface area contributed by atoms with E-state index in [9.17, 15) is 9.59 Å². The lowest BCUT2D eigenvalue weighted by molar-refractivity contribution is -0.140. The van der Waals surface area contributed by atoms with Crippen molar-refractivity contribution in [2.24, 2.45) is 13.0 Å². The summed E-state index contributed by atoms with van der Waals surface area (Å²) in [6.07, 6.45) is 5.47. The molecule has 0 bridgehead atoms. The van der Waals surface area contributed by atoms with Crippen LogP contribution in [0.4, 0.5) is 0 Å². The van der Waals surface area contributed by atoms with Crippen LogP contribution in [0.5, 0.6) is 0 Å². The standard InChI is InChI=1S/C21H30N4O3/c1-25-18-7-6-16(21(27)23-11-3-4-20(26)28-2)14-17(18)24-19(25)8-5-15-9-12-22-13-10-15/h6-7,14-15,22H,3-5,8-13H2,1-2H3,(H,23,27). The van der Waals surface area contributed by atoms with Gasteiger partial charge in [-0.15, -0.1) is 0 Å². The van der Waals surface area contributed by atoms with E-state index in [2.05, 4.69) is 19.9 Å². The van der Waals surface area contributed by atoms with E-state index in [1.807, 2.05) is 25.2 Å². The topological polar surface area (TPSA) is 85.2 Å². The van der Waals surface area contributed by atoms with Crippen molar-refractivity contribution < 1.29 is 14.3 Å². The molecule has 152 valence electrons. The molecule has 28 heavy (non-hydrogen) atoms. The Balaban J connectivity index is 1.59. The van der Waals surface area contributed by atoms with Crippen molar-refractivity contribution in [3.8, 4) is 0 Å². The molecule has 3 rings (SSSR count). The van der Waals surface area contributed by atoms with Crippen molar-refractivity contribution in [1.29, 1.82) is 0 Å². The van der Waals surface area contributed by atoms with Crippen LogP contribution < -0.4 is 10.6 Å². The van der Waals surface area contributed by atoms with E-state index in [4.69, 9.17) is 4.98 Å². The molecule has 0 aliphatic carbocycles.